The standard InChI is InChI=1S/C10H14N2O2/c1-4-5-8-6-11-9(7(2)12-8)10(13)14-3/h6H,4-5H2,1-3H3. The summed E-state index contributed by atoms with van der Waals surface area (Å²) < 4.78 is 4.58. The summed E-state index contributed by atoms with van der Waals surface area (Å²) in [4.78, 5) is 19.5. The second-order valence-electron chi connectivity index (χ2n) is 3.04. The van der Waals surface area contributed by atoms with E-state index in [2.05, 4.69) is 21.6 Å². The van der Waals surface area contributed by atoms with Crippen LogP contribution in [0.1, 0.15) is 35.2 Å². The van der Waals surface area contributed by atoms with Gasteiger partial charge in [0.2, 0.25) is 0 Å². The van der Waals surface area contributed by atoms with E-state index >= 15 is 0 Å². The highest BCUT2D eigenvalue weighted by Gasteiger charge is 2.11. The highest BCUT2D eigenvalue weighted by Crippen LogP contribution is 2.05. The number of hydrogen-bond donors (Lipinski definition) is 0. The third-order valence-electron chi connectivity index (χ3n) is 1.88. The van der Waals surface area contributed by atoms with Crippen LogP contribution in [0.3, 0.4) is 0 Å². The normalized spacial score (nSPS) is 9.93. The van der Waals surface area contributed by atoms with Gasteiger partial charge in [-0.05, 0) is 13.3 Å². The first-order chi connectivity index (χ1) is 6.69. The van der Waals surface area contributed by atoms with Crippen molar-refractivity contribution in [1.29, 1.82) is 0 Å². The molecule has 14 heavy (non-hydrogen) atoms. The molecule has 0 aliphatic carbocycles. The molecule has 0 aliphatic rings. The fourth-order valence-corrected chi connectivity index (χ4v) is 1.20. The zero-order valence-corrected chi connectivity index (χ0v) is 8.70. The Kier molecular flexibility index (Phi) is 3.56. The van der Waals surface area contributed by atoms with Crippen molar-refractivity contribution in [2.24, 2.45) is 0 Å². The van der Waals surface area contributed by atoms with Gasteiger partial charge in [0, 0.05) is 6.20 Å². The molecule has 0 atom stereocenters. The molecule has 1 aromatic heterocycles. The molecule has 76 valence electrons. The fourth-order valence-electron chi connectivity index (χ4n) is 1.20. The lowest BCUT2D eigenvalue weighted by molar-refractivity contribution is 0.0592. The van der Waals surface area contributed by atoms with Crippen molar-refractivity contribution >= 4 is 5.97 Å². The van der Waals surface area contributed by atoms with Crippen molar-refractivity contribution in [2.75, 3.05) is 7.11 Å². The maximum absolute atomic E-state index is 11.2. The van der Waals surface area contributed by atoms with Crippen LogP contribution >= 0.6 is 0 Å². The van der Waals surface area contributed by atoms with Gasteiger partial charge in [0.15, 0.2) is 5.69 Å². The predicted octanol–water partition coefficient (Wildman–Crippen LogP) is 1.52. The number of esters is 1. The minimum Gasteiger partial charge on any atom is -0.464 e. The number of aryl methyl sites for hydroxylation is 2. The van der Waals surface area contributed by atoms with Gasteiger partial charge >= 0.3 is 5.97 Å². The molecule has 0 saturated heterocycles. The Labute approximate surface area is 83.3 Å². The Morgan fingerprint density at radius 1 is 1.57 bits per heavy atom. The van der Waals surface area contributed by atoms with Crippen molar-refractivity contribution in [2.45, 2.75) is 26.7 Å². The number of ether oxygens (including phenoxy) is 1. The number of carbonyl (C=O) groups is 1. The minimum atomic E-state index is -0.432. The summed E-state index contributed by atoms with van der Waals surface area (Å²) in [6.45, 7) is 3.84. The van der Waals surface area contributed by atoms with Crippen molar-refractivity contribution in [3.8, 4) is 0 Å². The van der Waals surface area contributed by atoms with Crippen LogP contribution in [-0.2, 0) is 11.2 Å². The fraction of sp³-hybridized carbons (Fsp3) is 0.500. The summed E-state index contributed by atoms with van der Waals surface area (Å²) in [5.74, 6) is -0.432. The van der Waals surface area contributed by atoms with Gasteiger partial charge in [-0.3, -0.25) is 4.98 Å². The molecule has 4 heteroatoms. The lowest BCUT2D eigenvalue weighted by Crippen LogP contribution is -2.09. The van der Waals surface area contributed by atoms with Gasteiger partial charge in [0.25, 0.3) is 0 Å². The van der Waals surface area contributed by atoms with E-state index in [1.807, 2.05) is 0 Å². The molecule has 0 spiro atoms. The number of carbonyl (C=O) groups excluding carboxylic acids is 1. The van der Waals surface area contributed by atoms with Crippen molar-refractivity contribution in [1.82, 2.24) is 9.97 Å². The quantitative estimate of drug-likeness (QED) is 0.684. The van der Waals surface area contributed by atoms with Crippen LogP contribution in [-0.4, -0.2) is 23.0 Å². The van der Waals surface area contributed by atoms with E-state index in [1.54, 1.807) is 13.1 Å². The Balaban J connectivity index is 2.95. The van der Waals surface area contributed by atoms with Gasteiger partial charge in [-0.2, -0.15) is 0 Å². The van der Waals surface area contributed by atoms with E-state index in [4.69, 9.17) is 0 Å². The van der Waals surface area contributed by atoms with Crippen LogP contribution < -0.4 is 0 Å². The van der Waals surface area contributed by atoms with E-state index in [0.29, 0.717) is 11.4 Å². The first-order valence-corrected chi connectivity index (χ1v) is 4.59. The van der Waals surface area contributed by atoms with Gasteiger partial charge in [-0.15, -0.1) is 0 Å². The SMILES string of the molecule is CCCc1cnc(C(=O)OC)c(C)n1. The molecule has 0 unspecified atom stereocenters. The van der Waals surface area contributed by atoms with Crippen LogP contribution in [0, 0.1) is 6.92 Å². The number of nitrogens with zero attached hydrogens (tertiary/aromatic N) is 2. The Bertz CT molecular complexity index is 337. The summed E-state index contributed by atoms with van der Waals surface area (Å²) in [6, 6.07) is 0. The molecular weight excluding hydrogens is 180 g/mol. The van der Waals surface area contributed by atoms with Crippen LogP contribution in [0.25, 0.3) is 0 Å². The highest BCUT2D eigenvalue weighted by molar-refractivity contribution is 5.88. The number of hydrogen-bond acceptors (Lipinski definition) is 4. The summed E-state index contributed by atoms with van der Waals surface area (Å²) in [5, 5.41) is 0. The second-order valence-corrected chi connectivity index (χ2v) is 3.04. The average molecular weight is 194 g/mol. The summed E-state index contributed by atoms with van der Waals surface area (Å²) in [6.07, 6.45) is 3.53. The molecule has 0 aliphatic heterocycles. The molecular formula is C10H14N2O2. The topological polar surface area (TPSA) is 52.1 Å². The van der Waals surface area contributed by atoms with Gasteiger partial charge in [0.05, 0.1) is 18.5 Å². The highest BCUT2D eigenvalue weighted by atomic mass is 16.5. The monoisotopic (exact) mass is 194 g/mol. The summed E-state index contributed by atoms with van der Waals surface area (Å²) in [7, 11) is 1.34. The van der Waals surface area contributed by atoms with Crippen molar-refractivity contribution in [3.05, 3.63) is 23.3 Å². The molecule has 0 fully saturated rings. The van der Waals surface area contributed by atoms with Gasteiger partial charge in [-0.1, -0.05) is 13.3 Å². The molecule has 1 aromatic rings. The molecule has 0 saturated carbocycles. The number of rotatable bonds is 3. The summed E-state index contributed by atoms with van der Waals surface area (Å²) in [5.41, 5.74) is 1.84. The molecule has 0 aromatic carbocycles. The smallest absolute Gasteiger partial charge is 0.358 e. The van der Waals surface area contributed by atoms with E-state index in [-0.39, 0.29) is 0 Å². The molecule has 1 rings (SSSR count). The maximum Gasteiger partial charge on any atom is 0.358 e. The Morgan fingerprint density at radius 2 is 2.29 bits per heavy atom. The molecule has 0 N–H and O–H groups in total. The third-order valence-corrected chi connectivity index (χ3v) is 1.88. The number of methoxy groups -OCH3 is 1. The van der Waals surface area contributed by atoms with Gasteiger partial charge in [-0.25, -0.2) is 9.78 Å². The lowest BCUT2D eigenvalue weighted by Gasteiger charge is -2.03. The van der Waals surface area contributed by atoms with E-state index < -0.39 is 5.97 Å². The molecule has 0 bridgehead atoms. The van der Waals surface area contributed by atoms with E-state index in [0.717, 1.165) is 18.5 Å². The van der Waals surface area contributed by atoms with Crippen LogP contribution in [0.4, 0.5) is 0 Å². The van der Waals surface area contributed by atoms with E-state index in [1.165, 1.54) is 7.11 Å². The zero-order valence-electron chi connectivity index (χ0n) is 8.70. The van der Waals surface area contributed by atoms with Gasteiger partial charge < -0.3 is 4.74 Å². The maximum atomic E-state index is 11.2. The van der Waals surface area contributed by atoms with Crippen molar-refractivity contribution in [3.63, 3.8) is 0 Å². The third kappa shape index (κ3) is 2.28. The van der Waals surface area contributed by atoms with Gasteiger partial charge in [0.1, 0.15) is 0 Å². The molecule has 0 amide bonds. The Hall–Kier alpha value is -1.45. The number of aromatic nitrogens is 2. The largest absolute Gasteiger partial charge is 0.464 e. The zero-order chi connectivity index (χ0) is 10.6. The average Bonchev–Trinajstić information content (AvgIpc) is 2.17. The second kappa shape index (κ2) is 4.69. The lowest BCUT2D eigenvalue weighted by atomic mass is 10.2. The minimum absolute atomic E-state index is 0.298. The molecule has 0 radical (unpaired) electrons. The molecule has 1 heterocycles. The van der Waals surface area contributed by atoms with Crippen LogP contribution in [0.15, 0.2) is 6.20 Å². The Morgan fingerprint density at radius 3 is 2.79 bits per heavy atom. The van der Waals surface area contributed by atoms with Crippen molar-refractivity contribution < 1.29 is 9.53 Å². The van der Waals surface area contributed by atoms with E-state index in [9.17, 15) is 4.79 Å². The van der Waals surface area contributed by atoms with Crippen LogP contribution in [0.5, 0.6) is 0 Å². The first-order valence-electron chi connectivity index (χ1n) is 4.59. The van der Waals surface area contributed by atoms with Crippen LogP contribution in [0.2, 0.25) is 0 Å². The molecule has 4 nitrogen and oxygen atoms in total. The predicted molar refractivity (Wildman–Crippen MR) is 52.1 cm³/mol. The summed E-state index contributed by atoms with van der Waals surface area (Å²) >= 11 is 0. The first kappa shape index (κ1) is 10.6.